The van der Waals surface area contributed by atoms with E-state index in [1.54, 1.807) is 31.2 Å². The fourth-order valence-electron chi connectivity index (χ4n) is 3.04. The van der Waals surface area contributed by atoms with Gasteiger partial charge in [-0.2, -0.15) is 4.37 Å². The van der Waals surface area contributed by atoms with Crippen molar-refractivity contribution in [1.82, 2.24) is 8.94 Å². The molecule has 1 aromatic carbocycles. The van der Waals surface area contributed by atoms with Crippen molar-refractivity contribution >= 4 is 57.1 Å². The van der Waals surface area contributed by atoms with Gasteiger partial charge < -0.3 is 13.7 Å². The third-order valence-electron chi connectivity index (χ3n) is 4.45. The molecule has 4 aromatic rings. The predicted molar refractivity (Wildman–Crippen MR) is 121 cm³/mol. The molecule has 3 heterocycles. The Balaban J connectivity index is 1.57. The Labute approximate surface area is 185 Å². The van der Waals surface area contributed by atoms with Crippen molar-refractivity contribution in [2.45, 2.75) is 26.3 Å². The van der Waals surface area contributed by atoms with Crippen LogP contribution in [0.2, 0.25) is 0 Å². The van der Waals surface area contributed by atoms with Gasteiger partial charge in [0.15, 0.2) is 9.60 Å². The number of esters is 1. The standard InChI is InChI=1S/C20H17N3O4S3/c1-2-26-16(24)4-3-11-23-19-18(29-20(23)28)17(30-22-19)15-10-9-14(27-15)12-5-7-13(21-25)8-6-12/h5-10H,2-4,11H2,1H3. The molecule has 0 fully saturated rings. The third-order valence-corrected chi connectivity index (χ3v) is 6.89. The van der Waals surface area contributed by atoms with E-state index in [1.165, 1.54) is 22.9 Å². The van der Waals surface area contributed by atoms with E-state index < -0.39 is 0 Å². The Morgan fingerprint density at radius 1 is 1.23 bits per heavy atom. The van der Waals surface area contributed by atoms with Gasteiger partial charge in [0.25, 0.3) is 0 Å². The second-order valence-corrected chi connectivity index (χ2v) is 8.81. The summed E-state index contributed by atoms with van der Waals surface area (Å²) in [6, 6.07) is 10.7. The second kappa shape index (κ2) is 8.99. The minimum Gasteiger partial charge on any atom is -0.466 e. The second-order valence-electron chi connectivity index (χ2n) is 6.39. The van der Waals surface area contributed by atoms with E-state index in [0.717, 1.165) is 20.8 Å². The van der Waals surface area contributed by atoms with Crippen LogP contribution in [0, 0.1) is 8.86 Å². The number of benzene rings is 1. The summed E-state index contributed by atoms with van der Waals surface area (Å²) in [7, 11) is 0. The maximum atomic E-state index is 11.6. The van der Waals surface area contributed by atoms with Gasteiger partial charge in [0, 0.05) is 18.5 Å². The fraction of sp³-hybridized carbons (Fsp3) is 0.250. The van der Waals surface area contributed by atoms with Gasteiger partial charge >= 0.3 is 5.97 Å². The van der Waals surface area contributed by atoms with Gasteiger partial charge in [-0.3, -0.25) is 4.79 Å². The van der Waals surface area contributed by atoms with Gasteiger partial charge in [0.2, 0.25) is 0 Å². The molecule has 0 saturated carbocycles. The number of hydrogen-bond donors (Lipinski definition) is 0. The lowest BCUT2D eigenvalue weighted by Gasteiger charge is -2.03. The van der Waals surface area contributed by atoms with Crippen molar-refractivity contribution < 1.29 is 13.9 Å². The van der Waals surface area contributed by atoms with Crippen LogP contribution < -0.4 is 0 Å². The quantitative estimate of drug-likeness (QED) is 0.168. The van der Waals surface area contributed by atoms with E-state index in [2.05, 4.69) is 9.55 Å². The molecule has 0 atom stereocenters. The van der Waals surface area contributed by atoms with Gasteiger partial charge in [-0.15, -0.1) is 16.2 Å². The first kappa shape index (κ1) is 20.6. The monoisotopic (exact) mass is 459 g/mol. The average molecular weight is 460 g/mol. The topological polar surface area (TPSA) is 86.7 Å². The smallest absolute Gasteiger partial charge is 0.305 e. The molecule has 4 rings (SSSR count). The number of nitrogens with zero attached hydrogens (tertiary/aromatic N) is 3. The number of carbonyl (C=O) groups excluding carboxylic acids is 1. The van der Waals surface area contributed by atoms with Crippen LogP contribution in [0.25, 0.3) is 32.3 Å². The largest absolute Gasteiger partial charge is 0.466 e. The van der Waals surface area contributed by atoms with E-state index in [4.69, 9.17) is 21.4 Å². The normalized spacial score (nSPS) is 11.1. The van der Waals surface area contributed by atoms with Crippen molar-refractivity contribution in [3.63, 3.8) is 0 Å². The number of furan rings is 1. The van der Waals surface area contributed by atoms with Crippen LogP contribution in [0.3, 0.4) is 0 Å². The van der Waals surface area contributed by atoms with Crippen LogP contribution in [0.5, 0.6) is 0 Å². The van der Waals surface area contributed by atoms with Crippen molar-refractivity contribution in [2.75, 3.05) is 6.61 Å². The molecule has 0 aliphatic heterocycles. The Morgan fingerprint density at radius 2 is 2.00 bits per heavy atom. The van der Waals surface area contributed by atoms with Crippen LogP contribution in [0.4, 0.5) is 5.69 Å². The molecule has 0 aliphatic rings. The van der Waals surface area contributed by atoms with Gasteiger partial charge in [0.05, 0.1) is 11.3 Å². The first-order valence-corrected chi connectivity index (χ1v) is 11.3. The molecule has 0 saturated heterocycles. The van der Waals surface area contributed by atoms with E-state index in [-0.39, 0.29) is 5.97 Å². The molecule has 0 N–H and O–H groups in total. The van der Waals surface area contributed by atoms with Gasteiger partial charge in [-0.1, -0.05) is 0 Å². The number of rotatable bonds is 8. The lowest BCUT2D eigenvalue weighted by Crippen LogP contribution is -2.06. The van der Waals surface area contributed by atoms with Crippen molar-refractivity contribution in [1.29, 1.82) is 0 Å². The predicted octanol–water partition coefficient (Wildman–Crippen LogP) is 6.56. The van der Waals surface area contributed by atoms with Crippen molar-refractivity contribution in [3.05, 3.63) is 45.3 Å². The molecular formula is C20H17N3O4S3. The van der Waals surface area contributed by atoms with Crippen LogP contribution in [0.1, 0.15) is 19.8 Å². The number of thiazole rings is 1. The minimum atomic E-state index is -0.200. The molecule has 0 radical (unpaired) electrons. The summed E-state index contributed by atoms with van der Waals surface area (Å²) in [5.41, 5.74) is 2.05. The highest BCUT2D eigenvalue weighted by Crippen LogP contribution is 2.39. The van der Waals surface area contributed by atoms with Gasteiger partial charge in [-0.25, -0.2) is 0 Å². The fourth-order valence-corrected chi connectivity index (χ4v) is 5.40. The number of ether oxygens (including phenoxy) is 1. The van der Waals surface area contributed by atoms with Crippen LogP contribution in [0.15, 0.2) is 46.0 Å². The van der Waals surface area contributed by atoms with Crippen molar-refractivity contribution in [3.8, 4) is 22.0 Å². The summed E-state index contributed by atoms with van der Waals surface area (Å²) < 4.78 is 19.3. The number of aryl methyl sites for hydroxylation is 1. The molecule has 154 valence electrons. The number of carbonyl (C=O) groups is 1. The first-order valence-electron chi connectivity index (χ1n) is 9.29. The number of nitroso groups, excluding NO2 is 1. The molecule has 0 amide bonds. The maximum absolute atomic E-state index is 11.6. The molecule has 7 nitrogen and oxygen atoms in total. The van der Waals surface area contributed by atoms with E-state index in [9.17, 15) is 9.70 Å². The lowest BCUT2D eigenvalue weighted by atomic mass is 10.1. The molecule has 0 unspecified atom stereocenters. The highest BCUT2D eigenvalue weighted by molar-refractivity contribution is 7.73. The maximum Gasteiger partial charge on any atom is 0.305 e. The van der Waals surface area contributed by atoms with Crippen LogP contribution in [-0.4, -0.2) is 21.5 Å². The Morgan fingerprint density at radius 3 is 2.73 bits per heavy atom. The van der Waals surface area contributed by atoms with E-state index in [0.29, 0.717) is 47.2 Å². The molecule has 0 bridgehead atoms. The zero-order chi connectivity index (χ0) is 21.1. The summed E-state index contributed by atoms with van der Waals surface area (Å²) >= 11 is 8.36. The van der Waals surface area contributed by atoms with Crippen LogP contribution >= 0.6 is 35.1 Å². The minimum absolute atomic E-state index is 0.200. The molecule has 10 heteroatoms. The summed E-state index contributed by atoms with van der Waals surface area (Å²) in [6.45, 7) is 2.80. The van der Waals surface area contributed by atoms with Crippen LogP contribution in [-0.2, 0) is 16.1 Å². The summed E-state index contributed by atoms with van der Waals surface area (Å²) in [5, 5.41) is 2.91. The Kier molecular flexibility index (Phi) is 6.16. The summed E-state index contributed by atoms with van der Waals surface area (Å²) in [4.78, 5) is 23.1. The lowest BCUT2D eigenvalue weighted by molar-refractivity contribution is -0.143. The average Bonchev–Trinajstić information content (AvgIpc) is 3.45. The SMILES string of the molecule is CCOC(=O)CCCn1c(=S)sc2c(-c3ccc(-c4ccc(N=O)cc4)o3)snc21. The zero-order valence-corrected chi connectivity index (χ0v) is 18.4. The number of hydrogen-bond acceptors (Lipinski definition) is 9. The Bertz CT molecular complexity index is 1250. The van der Waals surface area contributed by atoms with E-state index in [1.807, 2.05) is 16.7 Å². The highest BCUT2D eigenvalue weighted by atomic mass is 32.1. The Hall–Kier alpha value is -2.69. The van der Waals surface area contributed by atoms with E-state index >= 15 is 0 Å². The molecular weight excluding hydrogens is 442 g/mol. The summed E-state index contributed by atoms with van der Waals surface area (Å²) in [5.74, 6) is 1.21. The molecule has 0 spiro atoms. The number of fused-ring (bicyclic) bond motifs is 1. The molecule has 0 aliphatic carbocycles. The number of aromatic nitrogens is 2. The zero-order valence-electron chi connectivity index (χ0n) is 16.0. The molecule has 30 heavy (non-hydrogen) atoms. The van der Waals surface area contributed by atoms with Crippen molar-refractivity contribution in [2.24, 2.45) is 5.18 Å². The van der Waals surface area contributed by atoms with Gasteiger partial charge in [0.1, 0.15) is 22.1 Å². The third kappa shape index (κ3) is 4.11. The summed E-state index contributed by atoms with van der Waals surface area (Å²) in [6.07, 6.45) is 0.992. The highest BCUT2D eigenvalue weighted by Gasteiger charge is 2.18. The molecule has 3 aromatic heterocycles. The first-order chi connectivity index (χ1) is 14.6. The van der Waals surface area contributed by atoms with Gasteiger partial charge in [-0.05, 0) is 78.7 Å².